The standard InChI is InChI=1S/C16H10FN3O3S/c17-11-4-7-13-14(9-11)24-16(18-13)19-15(21)8-3-10-1-5-12(6-2-10)20(22)23/h1-9H,(H,18,19,21)/b8-3+. The monoisotopic (exact) mass is 343 g/mol. The lowest BCUT2D eigenvalue weighted by Gasteiger charge is -1.96. The number of thiazole rings is 1. The van der Waals surface area contributed by atoms with Gasteiger partial charge in [0.25, 0.3) is 5.69 Å². The quantitative estimate of drug-likeness (QED) is 0.441. The summed E-state index contributed by atoms with van der Waals surface area (Å²) in [4.78, 5) is 26.2. The van der Waals surface area contributed by atoms with Gasteiger partial charge < -0.3 is 0 Å². The third kappa shape index (κ3) is 3.61. The molecule has 3 rings (SSSR count). The van der Waals surface area contributed by atoms with Crippen molar-refractivity contribution in [1.82, 2.24) is 4.98 Å². The van der Waals surface area contributed by atoms with Gasteiger partial charge in [0.15, 0.2) is 5.13 Å². The highest BCUT2D eigenvalue weighted by Gasteiger charge is 2.07. The number of nitrogens with one attached hydrogen (secondary N) is 1. The third-order valence-corrected chi connectivity index (χ3v) is 4.05. The van der Waals surface area contributed by atoms with Gasteiger partial charge >= 0.3 is 0 Å². The number of benzene rings is 2. The lowest BCUT2D eigenvalue weighted by atomic mass is 10.2. The lowest BCUT2D eigenvalue weighted by Crippen LogP contribution is -2.07. The number of non-ortho nitro benzene ring substituents is 1. The Balaban J connectivity index is 1.68. The van der Waals surface area contributed by atoms with Crippen molar-refractivity contribution in [3.63, 3.8) is 0 Å². The van der Waals surface area contributed by atoms with Crippen LogP contribution in [0.3, 0.4) is 0 Å². The molecule has 1 aromatic heterocycles. The number of fused-ring (bicyclic) bond motifs is 1. The van der Waals surface area contributed by atoms with Crippen LogP contribution in [0.5, 0.6) is 0 Å². The molecule has 0 aliphatic heterocycles. The fraction of sp³-hybridized carbons (Fsp3) is 0. The summed E-state index contributed by atoms with van der Waals surface area (Å²) in [6.07, 6.45) is 2.83. The zero-order valence-corrected chi connectivity index (χ0v) is 12.9. The summed E-state index contributed by atoms with van der Waals surface area (Å²) in [5, 5.41) is 13.5. The molecule has 0 radical (unpaired) electrons. The van der Waals surface area contributed by atoms with Gasteiger partial charge in [0.2, 0.25) is 5.91 Å². The van der Waals surface area contributed by atoms with Crippen molar-refractivity contribution >= 4 is 44.4 Å². The van der Waals surface area contributed by atoms with E-state index in [9.17, 15) is 19.3 Å². The van der Waals surface area contributed by atoms with Crippen molar-refractivity contribution in [2.24, 2.45) is 0 Å². The molecule has 0 fully saturated rings. The molecule has 0 atom stereocenters. The first-order chi connectivity index (χ1) is 11.5. The van der Waals surface area contributed by atoms with Gasteiger partial charge in [0, 0.05) is 18.2 Å². The van der Waals surface area contributed by atoms with E-state index < -0.39 is 10.8 Å². The molecule has 0 spiro atoms. The first-order valence-corrected chi connectivity index (χ1v) is 7.62. The zero-order chi connectivity index (χ0) is 17.1. The van der Waals surface area contributed by atoms with Gasteiger partial charge in [0.1, 0.15) is 5.82 Å². The van der Waals surface area contributed by atoms with Crippen LogP contribution in [0.15, 0.2) is 48.5 Å². The Bertz CT molecular complexity index is 951. The minimum atomic E-state index is -0.490. The smallest absolute Gasteiger partial charge is 0.269 e. The summed E-state index contributed by atoms with van der Waals surface area (Å²) in [5.74, 6) is -0.755. The summed E-state index contributed by atoms with van der Waals surface area (Å²) < 4.78 is 13.8. The number of halogens is 1. The molecular weight excluding hydrogens is 333 g/mol. The minimum Gasteiger partial charge on any atom is -0.298 e. The molecule has 2 aromatic carbocycles. The topological polar surface area (TPSA) is 85.1 Å². The molecule has 120 valence electrons. The fourth-order valence-corrected chi connectivity index (χ4v) is 2.87. The maximum atomic E-state index is 13.1. The van der Waals surface area contributed by atoms with E-state index in [-0.39, 0.29) is 11.5 Å². The Morgan fingerprint density at radius 1 is 1.25 bits per heavy atom. The van der Waals surface area contributed by atoms with Gasteiger partial charge in [-0.25, -0.2) is 9.37 Å². The molecule has 1 N–H and O–H groups in total. The van der Waals surface area contributed by atoms with Crippen LogP contribution >= 0.6 is 11.3 Å². The van der Waals surface area contributed by atoms with Gasteiger partial charge in [-0.05, 0) is 42.0 Å². The molecule has 1 amide bonds. The predicted octanol–water partition coefficient (Wildman–Crippen LogP) is 4.00. The zero-order valence-electron chi connectivity index (χ0n) is 12.1. The second-order valence-corrected chi connectivity index (χ2v) is 5.83. The van der Waals surface area contributed by atoms with E-state index in [0.717, 1.165) is 0 Å². The van der Waals surface area contributed by atoms with Gasteiger partial charge in [0.05, 0.1) is 15.1 Å². The highest BCUT2D eigenvalue weighted by molar-refractivity contribution is 7.22. The fourth-order valence-electron chi connectivity index (χ4n) is 1.98. The van der Waals surface area contributed by atoms with Crippen LogP contribution in [0.4, 0.5) is 15.2 Å². The third-order valence-electron chi connectivity index (χ3n) is 3.11. The number of carbonyl (C=O) groups excluding carboxylic acids is 1. The number of nitrogens with zero attached hydrogens (tertiary/aromatic N) is 2. The Hall–Kier alpha value is -3.13. The number of hydrogen-bond donors (Lipinski definition) is 1. The van der Waals surface area contributed by atoms with Crippen LogP contribution in [-0.4, -0.2) is 15.8 Å². The largest absolute Gasteiger partial charge is 0.298 e. The SMILES string of the molecule is O=C(/C=C/c1ccc([N+](=O)[O-])cc1)Nc1nc2ccc(F)cc2s1. The maximum absolute atomic E-state index is 13.1. The summed E-state index contributed by atoms with van der Waals surface area (Å²) in [7, 11) is 0. The van der Waals surface area contributed by atoms with Gasteiger partial charge in [-0.15, -0.1) is 0 Å². The molecule has 8 heteroatoms. The summed E-state index contributed by atoms with van der Waals surface area (Å²) in [5.41, 5.74) is 1.25. The molecule has 24 heavy (non-hydrogen) atoms. The molecule has 0 aliphatic carbocycles. The number of aromatic nitrogens is 1. The minimum absolute atomic E-state index is 0.0155. The molecule has 0 unspecified atom stereocenters. The van der Waals surface area contributed by atoms with Crippen molar-refractivity contribution in [3.8, 4) is 0 Å². The first kappa shape index (κ1) is 15.8. The number of rotatable bonds is 4. The van der Waals surface area contributed by atoms with E-state index in [1.165, 1.54) is 47.8 Å². The highest BCUT2D eigenvalue weighted by atomic mass is 32.1. The van der Waals surface area contributed by atoms with Crippen LogP contribution in [0.25, 0.3) is 16.3 Å². The number of hydrogen-bond acceptors (Lipinski definition) is 5. The molecule has 3 aromatic rings. The van der Waals surface area contributed by atoms with Crippen LogP contribution in [-0.2, 0) is 4.79 Å². The van der Waals surface area contributed by atoms with Crippen molar-refractivity contribution in [3.05, 3.63) is 70.0 Å². The molecule has 1 heterocycles. The number of nitro benzene ring substituents is 1. The van der Waals surface area contributed by atoms with Gasteiger partial charge in [-0.1, -0.05) is 11.3 Å². The second kappa shape index (κ2) is 6.55. The van der Waals surface area contributed by atoms with Crippen LogP contribution in [0, 0.1) is 15.9 Å². The molecular formula is C16H10FN3O3S. The van der Waals surface area contributed by atoms with Crippen LogP contribution in [0.1, 0.15) is 5.56 Å². The average Bonchev–Trinajstić information content (AvgIpc) is 2.94. The van der Waals surface area contributed by atoms with E-state index in [0.29, 0.717) is 20.9 Å². The molecule has 0 saturated carbocycles. The van der Waals surface area contributed by atoms with E-state index in [4.69, 9.17) is 0 Å². The van der Waals surface area contributed by atoms with Crippen molar-refractivity contribution in [2.45, 2.75) is 0 Å². The molecule has 0 saturated heterocycles. The van der Waals surface area contributed by atoms with Crippen molar-refractivity contribution in [1.29, 1.82) is 0 Å². The van der Waals surface area contributed by atoms with E-state index in [1.54, 1.807) is 18.2 Å². The number of nitro groups is 1. The number of anilines is 1. The molecule has 0 aliphatic rings. The average molecular weight is 343 g/mol. The predicted molar refractivity (Wildman–Crippen MR) is 90.3 cm³/mol. The second-order valence-electron chi connectivity index (χ2n) is 4.80. The lowest BCUT2D eigenvalue weighted by molar-refractivity contribution is -0.384. The maximum Gasteiger partial charge on any atom is 0.269 e. The molecule has 0 bridgehead atoms. The Morgan fingerprint density at radius 3 is 2.71 bits per heavy atom. The highest BCUT2D eigenvalue weighted by Crippen LogP contribution is 2.26. The van der Waals surface area contributed by atoms with E-state index >= 15 is 0 Å². The van der Waals surface area contributed by atoms with E-state index in [2.05, 4.69) is 10.3 Å². The van der Waals surface area contributed by atoms with Crippen molar-refractivity contribution < 1.29 is 14.1 Å². The molecule has 6 nitrogen and oxygen atoms in total. The number of carbonyl (C=O) groups is 1. The van der Waals surface area contributed by atoms with Gasteiger partial charge in [-0.2, -0.15) is 0 Å². The van der Waals surface area contributed by atoms with Crippen LogP contribution < -0.4 is 5.32 Å². The van der Waals surface area contributed by atoms with Crippen molar-refractivity contribution in [2.75, 3.05) is 5.32 Å². The summed E-state index contributed by atoms with van der Waals surface area (Å²) in [6.45, 7) is 0. The van der Waals surface area contributed by atoms with E-state index in [1.807, 2.05) is 0 Å². The van der Waals surface area contributed by atoms with Crippen LogP contribution in [0.2, 0.25) is 0 Å². The Morgan fingerprint density at radius 2 is 2.00 bits per heavy atom. The Labute approximate surface area is 139 Å². The Kier molecular flexibility index (Phi) is 4.30. The van der Waals surface area contributed by atoms with Gasteiger partial charge in [-0.3, -0.25) is 20.2 Å². The summed E-state index contributed by atoms with van der Waals surface area (Å²) in [6, 6.07) is 10.0. The summed E-state index contributed by atoms with van der Waals surface area (Å²) >= 11 is 1.17. The number of amides is 1. The first-order valence-electron chi connectivity index (χ1n) is 6.81. The normalized spacial score (nSPS) is 11.0.